The molecule has 0 saturated carbocycles. The summed E-state index contributed by atoms with van der Waals surface area (Å²) < 4.78 is 5.99. The van der Waals surface area contributed by atoms with Crippen LogP contribution in [-0.4, -0.2) is 29.9 Å². The van der Waals surface area contributed by atoms with Gasteiger partial charge in [0, 0.05) is 23.9 Å². The molecule has 3 aromatic carbocycles. The first-order valence-corrected chi connectivity index (χ1v) is 10.2. The van der Waals surface area contributed by atoms with Crippen molar-refractivity contribution in [2.45, 2.75) is 32.3 Å². The number of nitrogens with zero attached hydrogens (tertiary/aromatic N) is 1. The van der Waals surface area contributed by atoms with Crippen molar-refractivity contribution in [2.24, 2.45) is 0 Å². The molecular weight excluding hydrogens is 378 g/mol. The Morgan fingerprint density at radius 1 is 1.07 bits per heavy atom. The summed E-state index contributed by atoms with van der Waals surface area (Å²) in [5.74, 6) is 0.150. The number of Topliss-reactive ketones (excluding diaryl/α,β-unsaturated/α-hetero) is 1. The van der Waals surface area contributed by atoms with Crippen LogP contribution >= 0.6 is 0 Å². The molecule has 30 heavy (non-hydrogen) atoms. The van der Waals surface area contributed by atoms with Gasteiger partial charge >= 0.3 is 0 Å². The second kappa shape index (κ2) is 7.92. The molecule has 1 aliphatic rings. The van der Waals surface area contributed by atoms with Gasteiger partial charge in [-0.2, -0.15) is 0 Å². The van der Waals surface area contributed by atoms with Crippen LogP contribution in [0.5, 0.6) is 5.75 Å². The molecule has 5 heteroatoms. The average Bonchev–Trinajstić information content (AvgIpc) is 2.93. The highest BCUT2D eigenvalue weighted by atomic mass is 16.5. The third kappa shape index (κ3) is 3.46. The quantitative estimate of drug-likeness (QED) is 0.603. The molecule has 0 saturated heterocycles. The first kappa shape index (κ1) is 20.1. The van der Waals surface area contributed by atoms with Gasteiger partial charge in [-0.1, -0.05) is 54.6 Å². The molecule has 0 bridgehead atoms. The molecule has 1 heterocycles. The fraction of sp³-hybridized carbons (Fsp3) is 0.280. The zero-order valence-corrected chi connectivity index (χ0v) is 17.2. The van der Waals surface area contributed by atoms with Gasteiger partial charge in [-0.05, 0) is 37.3 Å². The van der Waals surface area contributed by atoms with Gasteiger partial charge in [0.15, 0.2) is 5.60 Å². The van der Waals surface area contributed by atoms with Gasteiger partial charge in [0.2, 0.25) is 0 Å². The number of hydrogen-bond donors (Lipinski definition) is 1. The van der Waals surface area contributed by atoms with Crippen LogP contribution in [0.25, 0.3) is 10.8 Å². The van der Waals surface area contributed by atoms with E-state index in [1.165, 1.54) is 6.92 Å². The van der Waals surface area contributed by atoms with Gasteiger partial charge < -0.3 is 14.7 Å². The molecule has 3 aromatic rings. The molecule has 0 radical (unpaired) electrons. The minimum absolute atomic E-state index is 0.217. The Kier molecular flexibility index (Phi) is 5.31. The van der Waals surface area contributed by atoms with Gasteiger partial charge in [-0.3, -0.25) is 9.59 Å². The largest absolute Gasteiger partial charge is 0.493 e. The first-order valence-electron chi connectivity index (χ1n) is 10.2. The van der Waals surface area contributed by atoms with Crippen molar-refractivity contribution in [3.63, 3.8) is 0 Å². The van der Waals surface area contributed by atoms with Crippen molar-refractivity contribution >= 4 is 28.2 Å². The summed E-state index contributed by atoms with van der Waals surface area (Å²) in [7, 11) is 0. The summed E-state index contributed by atoms with van der Waals surface area (Å²) in [6.07, 6.45) is 0.379. The number of anilines is 1. The van der Waals surface area contributed by atoms with Crippen LogP contribution in [0.4, 0.5) is 5.69 Å². The highest BCUT2D eigenvalue weighted by Gasteiger charge is 2.50. The Labute approximate surface area is 175 Å². The monoisotopic (exact) mass is 403 g/mol. The molecule has 0 spiro atoms. The van der Waals surface area contributed by atoms with Gasteiger partial charge in [-0.15, -0.1) is 0 Å². The number of para-hydroxylation sites is 1. The molecular formula is C25H25NO4. The highest BCUT2D eigenvalue weighted by Crippen LogP contribution is 2.44. The number of carbonyl (C=O) groups excluding carboxylic acids is 2. The van der Waals surface area contributed by atoms with E-state index < -0.39 is 11.5 Å². The Morgan fingerprint density at radius 2 is 1.80 bits per heavy atom. The van der Waals surface area contributed by atoms with Crippen molar-refractivity contribution in [2.75, 3.05) is 18.1 Å². The summed E-state index contributed by atoms with van der Waals surface area (Å²) in [6, 6.07) is 19.4. The molecule has 1 aliphatic heterocycles. The lowest BCUT2D eigenvalue weighted by Gasteiger charge is -2.22. The average molecular weight is 403 g/mol. The van der Waals surface area contributed by atoms with Crippen LogP contribution in [-0.2, 0) is 15.2 Å². The van der Waals surface area contributed by atoms with E-state index in [0.717, 1.165) is 22.1 Å². The van der Waals surface area contributed by atoms with Crippen molar-refractivity contribution in [3.05, 3.63) is 71.8 Å². The number of ether oxygens (including phenoxy) is 1. The SMILES string of the molecule is CC(=O)C[C@]1(O)C(=O)N(CCCOc2cccc3ccccc23)c2c(C)cccc21. The lowest BCUT2D eigenvalue weighted by Crippen LogP contribution is -2.42. The number of rotatable bonds is 7. The standard InChI is InChI=1S/C25H25NO4/c1-17-8-5-12-21-23(17)26(24(28)25(21,29)16-18(2)27)14-7-15-30-22-13-6-10-19-9-3-4-11-20(19)22/h3-6,8-13,29H,7,14-16H2,1-2H3/t25-/m1/s1. The summed E-state index contributed by atoms with van der Waals surface area (Å²) in [5.41, 5.74) is 0.327. The molecule has 1 amide bonds. The lowest BCUT2D eigenvalue weighted by molar-refractivity contribution is -0.141. The summed E-state index contributed by atoms with van der Waals surface area (Å²) in [5, 5.41) is 13.3. The predicted octanol–water partition coefficient (Wildman–Crippen LogP) is 4.13. The van der Waals surface area contributed by atoms with Crippen LogP contribution < -0.4 is 9.64 Å². The zero-order valence-electron chi connectivity index (χ0n) is 17.2. The van der Waals surface area contributed by atoms with E-state index in [1.807, 2.05) is 55.5 Å². The Balaban J connectivity index is 1.50. The molecule has 0 unspecified atom stereocenters. The summed E-state index contributed by atoms with van der Waals surface area (Å²) in [4.78, 5) is 26.4. The van der Waals surface area contributed by atoms with E-state index in [0.29, 0.717) is 30.8 Å². The number of benzene rings is 3. The second-order valence-electron chi connectivity index (χ2n) is 7.85. The van der Waals surface area contributed by atoms with Crippen LogP contribution in [0.15, 0.2) is 60.7 Å². The van der Waals surface area contributed by atoms with Gasteiger partial charge in [-0.25, -0.2) is 0 Å². The Bertz CT molecular complexity index is 1120. The molecule has 5 nitrogen and oxygen atoms in total. The molecule has 0 aromatic heterocycles. The minimum atomic E-state index is -1.79. The first-order chi connectivity index (χ1) is 14.4. The van der Waals surface area contributed by atoms with Crippen LogP contribution in [0, 0.1) is 6.92 Å². The number of amides is 1. The van der Waals surface area contributed by atoms with E-state index >= 15 is 0 Å². The van der Waals surface area contributed by atoms with Crippen LogP contribution in [0.2, 0.25) is 0 Å². The Morgan fingerprint density at radius 3 is 2.60 bits per heavy atom. The third-order valence-electron chi connectivity index (χ3n) is 5.59. The van der Waals surface area contributed by atoms with Crippen LogP contribution in [0.1, 0.15) is 30.9 Å². The topological polar surface area (TPSA) is 66.8 Å². The van der Waals surface area contributed by atoms with E-state index in [2.05, 4.69) is 0 Å². The van der Waals surface area contributed by atoms with E-state index in [-0.39, 0.29) is 12.2 Å². The zero-order chi connectivity index (χ0) is 21.3. The fourth-order valence-corrected chi connectivity index (χ4v) is 4.26. The third-order valence-corrected chi connectivity index (χ3v) is 5.59. The van der Waals surface area contributed by atoms with Crippen molar-refractivity contribution in [1.82, 2.24) is 0 Å². The van der Waals surface area contributed by atoms with Gasteiger partial charge in [0.1, 0.15) is 11.5 Å². The predicted molar refractivity (Wildman–Crippen MR) is 117 cm³/mol. The highest BCUT2D eigenvalue weighted by molar-refractivity contribution is 6.09. The maximum Gasteiger partial charge on any atom is 0.264 e. The minimum Gasteiger partial charge on any atom is -0.493 e. The van der Waals surface area contributed by atoms with Gasteiger partial charge in [0.25, 0.3) is 5.91 Å². The fourth-order valence-electron chi connectivity index (χ4n) is 4.26. The summed E-state index contributed by atoms with van der Waals surface area (Å²) in [6.45, 7) is 4.14. The van der Waals surface area contributed by atoms with Crippen molar-refractivity contribution < 1.29 is 19.4 Å². The smallest absolute Gasteiger partial charge is 0.264 e. The molecule has 0 fully saturated rings. The van der Waals surface area contributed by atoms with Crippen molar-refractivity contribution in [3.8, 4) is 5.75 Å². The molecule has 154 valence electrons. The van der Waals surface area contributed by atoms with E-state index in [1.54, 1.807) is 17.0 Å². The number of aliphatic hydroxyl groups is 1. The maximum absolute atomic E-state index is 13.1. The Hall–Kier alpha value is -3.18. The second-order valence-corrected chi connectivity index (χ2v) is 7.85. The van der Waals surface area contributed by atoms with Crippen molar-refractivity contribution in [1.29, 1.82) is 0 Å². The molecule has 4 rings (SSSR count). The number of aryl methyl sites for hydroxylation is 1. The normalized spacial score (nSPS) is 18.0. The number of carbonyl (C=O) groups is 2. The molecule has 0 aliphatic carbocycles. The molecule has 1 N–H and O–H groups in total. The van der Waals surface area contributed by atoms with E-state index in [4.69, 9.17) is 4.74 Å². The molecule has 1 atom stereocenters. The van der Waals surface area contributed by atoms with Gasteiger partial charge in [0.05, 0.1) is 12.3 Å². The number of hydrogen-bond acceptors (Lipinski definition) is 4. The number of ketones is 1. The number of fused-ring (bicyclic) bond motifs is 2. The van der Waals surface area contributed by atoms with Crippen LogP contribution in [0.3, 0.4) is 0 Å². The van der Waals surface area contributed by atoms with E-state index in [9.17, 15) is 14.7 Å². The maximum atomic E-state index is 13.1. The summed E-state index contributed by atoms with van der Waals surface area (Å²) >= 11 is 0. The lowest BCUT2D eigenvalue weighted by atomic mass is 9.89.